The smallest absolute Gasteiger partial charge is 0.196 e. The molecule has 0 spiro atoms. The molecule has 1 aromatic heterocycles. The summed E-state index contributed by atoms with van der Waals surface area (Å²) < 4.78 is 5.83. The first kappa shape index (κ1) is 12.8. The van der Waals surface area contributed by atoms with Crippen LogP contribution in [0.3, 0.4) is 0 Å². The van der Waals surface area contributed by atoms with Crippen molar-refractivity contribution < 1.29 is 4.42 Å². The molecular weight excluding hydrogens is 224 g/mol. The predicted molar refractivity (Wildman–Crippen MR) is 73.7 cm³/mol. The Morgan fingerprint density at radius 1 is 1.22 bits per heavy atom. The van der Waals surface area contributed by atoms with Crippen molar-refractivity contribution in [1.82, 2.24) is 10.3 Å². The number of hydrogen-bond donors (Lipinski definition) is 1. The zero-order valence-electron chi connectivity index (χ0n) is 11.3. The van der Waals surface area contributed by atoms with Crippen LogP contribution in [-0.4, -0.2) is 18.1 Å². The second-order valence-corrected chi connectivity index (χ2v) is 4.49. The fourth-order valence-corrected chi connectivity index (χ4v) is 2.12. The van der Waals surface area contributed by atoms with E-state index >= 15 is 0 Å². The van der Waals surface area contributed by atoms with Crippen molar-refractivity contribution in [2.75, 3.05) is 13.1 Å². The van der Waals surface area contributed by atoms with Gasteiger partial charge in [0, 0.05) is 18.5 Å². The topological polar surface area (TPSA) is 38.1 Å². The van der Waals surface area contributed by atoms with E-state index in [4.69, 9.17) is 4.42 Å². The van der Waals surface area contributed by atoms with Gasteiger partial charge in [0.05, 0.1) is 6.20 Å². The van der Waals surface area contributed by atoms with Crippen molar-refractivity contribution in [1.29, 1.82) is 0 Å². The lowest BCUT2D eigenvalue weighted by Gasteiger charge is -2.05. The highest BCUT2D eigenvalue weighted by Crippen LogP contribution is 2.27. The lowest BCUT2D eigenvalue weighted by atomic mass is 10.0. The number of rotatable bonds is 5. The molecule has 0 aliphatic rings. The van der Waals surface area contributed by atoms with Gasteiger partial charge in [-0.3, -0.25) is 0 Å². The lowest BCUT2D eigenvalue weighted by molar-refractivity contribution is 0.497. The molecule has 0 bridgehead atoms. The van der Waals surface area contributed by atoms with Crippen molar-refractivity contribution in [3.8, 4) is 11.3 Å². The maximum Gasteiger partial charge on any atom is 0.196 e. The molecule has 2 rings (SSSR count). The monoisotopic (exact) mass is 244 g/mol. The first-order valence-electron chi connectivity index (χ1n) is 6.44. The van der Waals surface area contributed by atoms with Gasteiger partial charge >= 0.3 is 0 Å². The number of nitrogens with zero attached hydrogens (tertiary/aromatic N) is 1. The van der Waals surface area contributed by atoms with Crippen LogP contribution < -0.4 is 5.32 Å². The van der Waals surface area contributed by atoms with Crippen molar-refractivity contribution >= 4 is 0 Å². The normalized spacial score (nSPS) is 10.8. The summed E-state index contributed by atoms with van der Waals surface area (Å²) in [6.45, 7) is 8.18. The summed E-state index contributed by atoms with van der Waals surface area (Å²) in [5.74, 6) is 1.67. The molecule has 0 aliphatic heterocycles. The van der Waals surface area contributed by atoms with Crippen LogP contribution in [-0.2, 0) is 6.42 Å². The van der Waals surface area contributed by atoms with E-state index in [9.17, 15) is 0 Å². The zero-order valence-corrected chi connectivity index (χ0v) is 11.3. The molecule has 96 valence electrons. The van der Waals surface area contributed by atoms with Gasteiger partial charge < -0.3 is 9.73 Å². The highest BCUT2D eigenvalue weighted by molar-refractivity contribution is 5.65. The third-order valence-corrected chi connectivity index (χ3v) is 3.05. The van der Waals surface area contributed by atoms with E-state index in [1.807, 2.05) is 6.20 Å². The Morgan fingerprint density at radius 3 is 2.61 bits per heavy atom. The molecule has 2 aromatic rings. The Morgan fingerprint density at radius 2 is 1.94 bits per heavy atom. The van der Waals surface area contributed by atoms with Gasteiger partial charge in [-0.05, 0) is 31.5 Å². The number of likely N-dealkylation sites (N-methyl/N-ethyl adjacent to an activating group) is 1. The molecule has 0 radical (unpaired) electrons. The second-order valence-electron chi connectivity index (χ2n) is 4.49. The van der Waals surface area contributed by atoms with Gasteiger partial charge in [0.1, 0.15) is 0 Å². The number of nitrogens with one attached hydrogen (secondary N) is 1. The van der Waals surface area contributed by atoms with Crippen LogP contribution in [0.15, 0.2) is 28.8 Å². The standard InChI is InChI=1S/C15H20N2O/c1-4-16-9-8-14-17-10-13(18-14)15-11(2)6-5-7-12(15)3/h5-7,10,16H,4,8-9H2,1-3H3. The van der Waals surface area contributed by atoms with E-state index in [1.54, 1.807) is 0 Å². The fourth-order valence-electron chi connectivity index (χ4n) is 2.12. The summed E-state index contributed by atoms with van der Waals surface area (Å²) >= 11 is 0. The number of hydrogen-bond acceptors (Lipinski definition) is 3. The molecule has 0 saturated heterocycles. The molecule has 0 aliphatic carbocycles. The Hall–Kier alpha value is -1.61. The molecule has 0 atom stereocenters. The summed E-state index contributed by atoms with van der Waals surface area (Å²) in [6.07, 6.45) is 2.66. The molecular formula is C15H20N2O. The minimum Gasteiger partial charge on any atom is -0.441 e. The van der Waals surface area contributed by atoms with Crippen LogP contribution in [0, 0.1) is 13.8 Å². The summed E-state index contributed by atoms with van der Waals surface area (Å²) in [5, 5.41) is 3.27. The number of aryl methyl sites for hydroxylation is 2. The van der Waals surface area contributed by atoms with Gasteiger partial charge in [-0.25, -0.2) is 4.98 Å². The van der Waals surface area contributed by atoms with Gasteiger partial charge in [-0.2, -0.15) is 0 Å². The number of oxazole rings is 1. The molecule has 3 heteroatoms. The molecule has 1 heterocycles. The van der Waals surface area contributed by atoms with Gasteiger partial charge in [0.15, 0.2) is 11.7 Å². The SMILES string of the molecule is CCNCCc1ncc(-c2c(C)cccc2C)o1. The Balaban J connectivity index is 2.19. The van der Waals surface area contributed by atoms with Crippen LogP contribution in [0.2, 0.25) is 0 Å². The minimum absolute atomic E-state index is 0.800. The van der Waals surface area contributed by atoms with Crippen LogP contribution >= 0.6 is 0 Å². The average molecular weight is 244 g/mol. The van der Waals surface area contributed by atoms with E-state index in [2.05, 4.69) is 49.3 Å². The lowest BCUT2D eigenvalue weighted by Crippen LogP contribution is -2.16. The molecule has 0 amide bonds. The van der Waals surface area contributed by atoms with E-state index in [-0.39, 0.29) is 0 Å². The van der Waals surface area contributed by atoms with E-state index in [0.29, 0.717) is 0 Å². The molecule has 0 fully saturated rings. The van der Waals surface area contributed by atoms with Crippen molar-refractivity contribution in [3.63, 3.8) is 0 Å². The van der Waals surface area contributed by atoms with E-state index in [1.165, 1.54) is 16.7 Å². The Bertz CT molecular complexity index is 497. The summed E-state index contributed by atoms with van der Waals surface area (Å²) in [4.78, 5) is 4.34. The largest absolute Gasteiger partial charge is 0.441 e. The Labute approximate surface area is 108 Å². The summed E-state index contributed by atoms with van der Waals surface area (Å²) in [7, 11) is 0. The third-order valence-electron chi connectivity index (χ3n) is 3.05. The maximum atomic E-state index is 5.83. The number of aromatic nitrogens is 1. The van der Waals surface area contributed by atoms with Crippen LogP contribution in [0.25, 0.3) is 11.3 Å². The van der Waals surface area contributed by atoms with Crippen molar-refractivity contribution in [2.24, 2.45) is 0 Å². The Kier molecular flexibility index (Phi) is 4.15. The quantitative estimate of drug-likeness (QED) is 0.821. The summed E-state index contributed by atoms with van der Waals surface area (Å²) in [6, 6.07) is 6.27. The average Bonchev–Trinajstić information content (AvgIpc) is 2.78. The molecule has 0 unspecified atom stereocenters. The van der Waals surface area contributed by atoms with Crippen LogP contribution in [0.4, 0.5) is 0 Å². The van der Waals surface area contributed by atoms with Crippen molar-refractivity contribution in [3.05, 3.63) is 41.4 Å². The molecule has 1 N–H and O–H groups in total. The summed E-state index contributed by atoms with van der Waals surface area (Å²) in [5.41, 5.74) is 3.62. The second kappa shape index (κ2) is 5.83. The van der Waals surface area contributed by atoms with Gasteiger partial charge in [-0.1, -0.05) is 25.1 Å². The van der Waals surface area contributed by atoms with Crippen LogP contribution in [0.5, 0.6) is 0 Å². The van der Waals surface area contributed by atoms with Gasteiger partial charge in [0.2, 0.25) is 0 Å². The molecule has 3 nitrogen and oxygen atoms in total. The molecule has 0 saturated carbocycles. The first-order chi connectivity index (χ1) is 8.72. The van der Waals surface area contributed by atoms with Gasteiger partial charge in [-0.15, -0.1) is 0 Å². The van der Waals surface area contributed by atoms with Gasteiger partial charge in [0.25, 0.3) is 0 Å². The minimum atomic E-state index is 0.800. The number of benzene rings is 1. The third kappa shape index (κ3) is 2.79. The highest BCUT2D eigenvalue weighted by Gasteiger charge is 2.10. The maximum absolute atomic E-state index is 5.83. The first-order valence-corrected chi connectivity index (χ1v) is 6.44. The van der Waals surface area contributed by atoms with E-state index < -0.39 is 0 Å². The predicted octanol–water partition coefficient (Wildman–Crippen LogP) is 3.11. The zero-order chi connectivity index (χ0) is 13.0. The van der Waals surface area contributed by atoms with E-state index in [0.717, 1.165) is 31.2 Å². The molecule has 18 heavy (non-hydrogen) atoms. The fraction of sp³-hybridized carbons (Fsp3) is 0.400. The molecule has 1 aromatic carbocycles. The van der Waals surface area contributed by atoms with Crippen molar-refractivity contribution in [2.45, 2.75) is 27.2 Å². The van der Waals surface area contributed by atoms with Crippen LogP contribution in [0.1, 0.15) is 23.9 Å². The highest BCUT2D eigenvalue weighted by atomic mass is 16.4.